The lowest BCUT2D eigenvalue weighted by Crippen LogP contribution is -2.16. The maximum atomic E-state index is 13.1. The molecule has 1 fully saturated rings. The van der Waals surface area contributed by atoms with Crippen molar-refractivity contribution in [1.29, 1.82) is 0 Å². The van der Waals surface area contributed by atoms with Crippen molar-refractivity contribution in [1.82, 2.24) is 9.38 Å². The number of hydrogen-bond donors (Lipinski definition) is 1. The molecule has 1 N–H and O–H groups in total. The molecule has 1 unspecified atom stereocenters. The Morgan fingerprint density at radius 3 is 2.69 bits per heavy atom. The molecular weight excluding hydrogens is 402 g/mol. The number of rotatable bonds is 6. The predicted molar refractivity (Wildman–Crippen MR) is 124 cm³/mol. The number of carbonyl (C=O) groups is 1. The SMILES string of the molecule is Cc1cccn2c(NC(=O)c3ccc(OCC4CCCO4)cc3)c(-c3ccccc3)nc12. The van der Waals surface area contributed by atoms with Gasteiger partial charge in [0.1, 0.15) is 29.5 Å². The van der Waals surface area contributed by atoms with Crippen LogP contribution in [0.25, 0.3) is 16.9 Å². The number of carbonyl (C=O) groups excluding carboxylic acids is 1. The molecule has 0 bridgehead atoms. The summed E-state index contributed by atoms with van der Waals surface area (Å²) in [6.45, 7) is 3.35. The molecule has 0 aliphatic carbocycles. The average molecular weight is 428 g/mol. The van der Waals surface area contributed by atoms with Gasteiger partial charge in [-0.3, -0.25) is 9.20 Å². The Morgan fingerprint density at radius 1 is 1.12 bits per heavy atom. The molecule has 3 heterocycles. The second-order valence-corrected chi connectivity index (χ2v) is 7.98. The quantitative estimate of drug-likeness (QED) is 0.464. The zero-order valence-electron chi connectivity index (χ0n) is 18.0. The molecule has 6 nitrogen and oxygen atoms in total. The third kappa shape index (κ3) is 4.09. The minimum atomic E-state index is -0.198. The summed E-state index contributed by atoms with van der Waals surface area (Å²) >= 11 is 0. The van der Waals surface area contributed by atoms with Crippen molar-refractivity contribution in [3.8, 4) is 17.0 Å². The molecule has 0 spiro atoms. The second-order valence-electron chi connectivity index (χ2n) is 7.98. The molecule has 1 saturated heterocycles. The number of nitrogens with zero attached hydrogens (tertiary/aromatic N) is 2. The van der Waals surface area contributed by atoms with Gasteiger partial charge in [0.05, 0.1) is 6.10 Å². The van der Waals surface area contributed by atoms with Crippen LogP contribution < -0.4 is 10.1 Å². The number of ether oxygens (including phenoxy) is 2. The molecular formula is C26H25N3O3. The smallest absolute Gasteiger partial charge is 0.256 e. The molecule has 5 rings (SSSR count). The topological polar surface area (TPSA) is 64.9 Å². The van der Waals surface area contributed by atoms with Gasteiger partial charge in [0.2, 0.25) is 0 Å². The van der Waals surface area contributed by atoms with Gasteiger partial charge in [0, 0.05) is 23.9 Å². The highest BCUT2D eigenvalue weighted by Gasteiger charge is 2.19. The van der Waals surface area contributed by atoms with Crippen molar-refractivity contribution in [2.75, 3.05) is 18.5 Å². The Morgan fingerprint density at radius 2 is 1.94 bits per heavy atom. The van der Waals surface area contributed by atoms with Crippen LogP contribution in [0.5, 0.6) is 5.75 Å². The van der Waals surface area contributed by atoms with E-state index < -0.39 is 0 Å². The second kappa shape index (κ2) is 8.85. The van der Waals surface area contributed by atoms with Gasteiger partial charge in [-0.25, -0.2) is 4.98 Å². The van der Waals surface area contributed by atoms with Gasteiger partial charge < -0.3 is 14.8 Å². The van der Waals surface area contributed by atoms with E-state index in [2.05, 4.69) is 5.32 Å². The molecule has 1 aliphatic heterocycles. The van der Waals surface area contributed by atoms with Crippen LogP contribution >= 0.6 is 0 Å². The summed E-state index contributed by atoms with van der Waals surface area (Å²) in [4.78, 5) is 17.9. The number of amides is 1. The van der Waals surface area contributed by atoms with E-state index >= 15 is 0 Å². The highest BCUT2D eigenvalue weighted by Crippen LogP contribution is 2.30. The van der Waals surface area contributed by atoms with Crippen LogP contribution in [0.4, 0.5) is 5.82 Å². The van der Waals surface area contributed by atoms with Crippen molar-refractivity contribution < 1.29 is 14.3 Å². The maximum absolute atomic E-state index is 13.1. The lowest BCUT2D eigenvalue weighted by molar-refractivity contribution is 0.0679. The fourth-order valence-electron chi connectivity index (χ4n) is 3.97. The first kappa shape index (κ1) is 20.3. The van der Waals surface area contributed by atoms with Crippen molar-refractivity contribution in [2.45, 2.75) is 25.9 Å². The molecule has 32 heavy (non-hydrogen) atoms. The lowest BCUT2D eigenvalue weighted by atomic mass is 10.1. The fourth-order valence-corrected chi connectivity index (χ4v) is 3.97. The minimum absolute atomic E-state index is 0.160. The average Bonchev–Trinajstić information content (AvgIpc) is 3.48. The molecule has 0 saturated carbocycles. The highest BCUT2D eigenvalue weighted by atomic mass is 16.5. The lowest BCUT2D eigenvalue weighted by Gasteiger charge is -2.12. The Balaban J connectivity index is 1.39. The van der Waals surface area contributed by atoms with E-state index in [9.17, 15) is 4.79 Å². The summed E-state index contributed by atoms with van der Waals surface area (Å²) in [7, 11) is 0. The zero-order chi connectivity index (χ0) is 21.9. The van der Waals surface area contributed by atoms with E-state index in [1.807, 2.05) is 72.1 Å². The Labute approximate surface area is 186 Å². The Bertz CT molecular complexity index is 1230. The standard InChI is InChI=1S/C26H25N3O3/c1-18-7-5-15-29-24(18)27-23(19-8-3-2-4-9-19)25(29)28-26(30)20-11-13-21(14-12-20)32-17-22-10-6-16-31-22/h2-5,7-9,11-15,22H,6,10,16-17H2,1H3,(H,28,30). The summed E-state index contributed by atoms with van der Waals surface area (Å²) in [5.74, 6) is 1.18. The van der Waals surface area contributed by atoms with Crippen LogP contribution in [0.3, 0.4) is 0 Å². The zero-order valence-corrected chi connectivity index (χ0v) is 18.0. The number of benzene rings is 2. The summed E-state index contributed by atoms with van der Waals surface area (Å²) in [5.41, 5.74) is 4.10. The van der Waals surface area contributed by atoms with Crippen LogP contribution in [0.1, 0.15) is 28.8 Å². The van der Waals surface area contributed by atoms with Gasteiger partial charge in [-0.2, -0.15) is 0 Å². The normalized spacial score (nSPS) is 15.7. The first-order chi connectivity index (χ1) is 15.7. The van der Waals surface area contributed by atoms with E-state index in [0.29, 0.717) is 18.0 Å². The third-order valence-corrected chi connectivity index (χ3v) is 5.70. The number of fused-ring (bicyclic) bond motifs is 1. The molecule has 4 aromatic rings. The monoisotopic (exact) mass is 427 g/mol. The number of pyridine rings is 1. The molecule has 1 atom stereocenters. The number of imidazole rings is 1. The molecule has 1 amide bonds. The van der Waals surface area contributed by atoms with Crippen LogP contribution in [0.2, 0.25) is 0 Å². The molecule has 1 aliphatic rings. The van der Waals surface area contributed by atoms with Crippen LogP contribution in [-0.2, 0) is 4.74 Å². The highest BCUT2D eigenvalue weighted by molar-refractivity contribution is 6.05. The molecule has 162 valence electrons. The maximum Gasteiger partial charge on any atom is 0.256 e. The van der Waals surface area contributed by atoms with Gasteiger partial charge in [-0.1, -0.05) is 36.4 Å². The molecule has 6 heteroatoms. The number of aryl methyl sites for hydroxylation is 1. The minimum Gasteiger partial charge on any atom is -0.491 e. The first-order valence-corrected chi connectivity index (χ1v) is 10.9. The molecule has 0 radical (unpaired) electrons. The molecule has 2 aromatic heterocycles. The number of anilines is 1. The predicted octanol–water partition coefficient (Wildman–Crippen LogP) is 5.12. The first-order valence-electron chi connectivity index (χ1n) is 10.9. The summed E-state index contributed by atoms with van der Waals surface area (Å²) in [5, 5.41) is 3.07. The van der Waals surface area contributed by atoms with Crippen molar-refractivity contribution >= 4 is 17.4 Å². The van der Waals surface area contributed by atoms with E-state index in [4.69, 9.17) is 14.5 Å². The van der Waals surface area contributed by atoms with Gasteiger partial charge in [0.15, 0.2) is 0 Å². The summed E-state index contributed by atoms with van der Waals surface area (Å²) in [6.07, 6.45) is 4.19. The van der Waals surface area contributed by atoms with Crippen molar-refractivity contribution in [2.24, 2.45) is 0 Å². The van der Waals surface area contributed by atoms with Gasteiger partial charge >= 0.3 is 0 Å². The van der Waals surface area contributed by atoms with E-state index in [0.717, 1.165) is 47.7 Å². The number of aromatic nitrogens is 2. The van der Waals surface area contributed by atoms with Crippen LogP contribution in [0.15, 0.2) is 72.9 Å². The third-order valence-electron chi connectivity index (χ3n) is 5.70. The largest absolute Gasteiger partial charge is 0.491 e. The number of nitrogens with one attached hydrogen (secondary N) is 1. The van der Waals surface area contributed by atoms with E-state index in [1.165, 1.54) is 0 Å². The van der Waals surface area contributed by atoms with Crippen LogP contribution in [0, 0.1) is 6.92 Å². The Hall–Kier alpha value is -3.64. The Kier molecular flexibility index (Phi) is 5.60. The van der Waals surface area contributed by atoms with E-state index in [-0.39, 0.29) is 12.0 Å². The van der Waals surface area contributed by atoms with Crippen molar-refractivity contribution in [3.05, 3.63) is 84.1 Å². The van der Waals surface area contributed by atoms with Crippen LogP contribution in [-0.4, -0.2) is 34.6 Å². The summed E-state index contributed by atoms with van der Waals surface area (Å²) in [6, 6.07) is 21.0. The van der Waals surface area contributed by atoms with E-state index in [1.54, 1.807) is 12.1 Å². The van der Waals surface area contributed by atoms with Gasteiger partial charge in [-0.05, 0) is 55.7 Å². The van der Waals surface area contributed by atoms with Crippen molar-refractivity contribution in [3.63, 3.8) is 0 Å². The fraction of sp³-hybridized carbons (Fsp3) is 0.231. The summed E-state index contributed by atoms with van der Waals surface area (Å²) < 4.78 is 13.3. The van der Waals surface area contributed by atoms with Gasteiger partial charge in [0.25, 0.3) is 5.91 Å². The molecule has 2 aromatic carbocycles. The van der Waals surface area contributed by atoms with Gasteiger partial charge in [-0.15, -0.1) is 0 Å². The number of hydrogen-bond acceptors (Lipinski definition) is 4.